The van der Waals surface area contributed by atoms with E-state index in [-0.39, 0.29) is 46.0 Å². The molecular weight excluding hydrogens is 1040 g/mol. The third-order valence-electron chi connectivity index (χ3n) is 10.9. The van der Waals surface area contributed by atoms with Crippen molar-refractivity contribution in [1.82, 2.24) is 0 Å². The molecule has 9 aromatic carbocycles. The maximum Gasteiger partial charge on any atom is 0.449 e. The van der Waals surface area contributed by atoms with Crippen LogP contribution in [0.5, 0.6) is 46.0 Å². The molecule has 0 aliphatic rings. The molecule has 0 aliphatic carbocycles. The number of anilines is 2. The lowest BCUT2D eigenvalue weighted by atomic mass is 10.2. The summed E-state index contributed by atoms with van der Waals surface area (Å²) in [5.74, 6) is 2.09. The molecule has 0 spiro atoms. The molecule has 0 bridgehead atoms. The van der Waals surface area contributed by atoms with Crippen LogP contribution in [0.25, 0.3) is 0 Å². The summed E-state index contributed by atoms with van der Waals surface area (Å²) < 4.78 is 112. The number of benzene rings is 9. The van der Waals surface area contributed by atoms with E-state index in [0.29, 0.717) is 11.4 Å². The van der Waals surface area contributed by atoms with Gasteiger partial charge in [-0.05, 0) is 121 Å². The van der Waals surface area contributed by atoms with Crippen molar-refractivity contribution in [3.8, 4) is 46.0 Å². The molecule has 0 N–H and O–H groups in total. The fourth-order valence-corrected chi connectivity index (χ4v) is 14.8. The Labute approximate surface area is 442 Å². The van der Waals surface area contributed by atoms with E-state index in [1.54, 1.807) is 267 Å². The summed E-state index contributed by atoms with van der Waals surface area (Å²) in [6.07, 6.45) is -1.96. The van der Waals surface area contributed by atoms with Crippen LogP contribution in [0.2, 0.25) is 0 Å². The van der Waals surface area contributed by atoms with Crippen molar-refractivity contribution in [1.29, 1.82) is 0 Å². The fraction of sp³-hybridized carbons (Fsp3) is 0.0690. The van der Waals surface area contributed by atoms with Gasteiger partial charge >= 0.3 is 30.4 Å². The quantitative estimate of drug-likeness (QED) is 0.0473. The van der Waals surface area contributed by atoms with Crippen molar-refractivity contribution in [3.05, 3.63) is 267 Å². The van der Waals surface area contributed by atoms with E-state index in [1.807, 2.05) is 0 Å². The molecular formula is C58H52N2O12P4. The first-order valence-corrected chi connectivity index (χ1v) is 30.8. The van der Waals surface area contributed by atoms with Gasteiger partial charge in [-0.15, -0.1) is 0 Å². The summed E-state index contributed by atoms with van der Waals surface area (Å²) in [4.78, 5) is 3.08. The normalized spacial score (nSPS) is 11.6. The maximum atomic E-state index is 15.4. The molecule has 18 heteroatoms. The highest BCUT2D eigenvalue weighted by molar-refractivity contribution is 7.56. The van der Waals surface area contributed by atoms with Gasteiger partial charge in [-0.25, -0.2) is 18.3 Å². The van der Waals surface area contributed by atoms with E-state index in [1.165, 1.54) is 9.80 Å². The highest BCUT2D eigenvalue weighted by Gasteiger charge is 2.41. The fourth-order valence-electron chi connectivity index (χ4n) is 7.57. The predicted molar refractivity (Wildman–Crippen MR) is 298 cm³/mol. The van der Waals surface area contributed by atoms with Crippen molar-refractivity contribution in [2.24, 2.45) is 0 Å². The second-order valence-electron chi connectivity index (χ2n) is 16.8. The molecule has 14 nitrogen and oxygen atoms in total. The summed E-state index contributed by atoms with van der Waals surface area (Å²) >= 11 is 0. The van der Waals surface area contributed by atoms with Crippen LogP contribution in [0, 0.1) is 0 Å². The van der Waals surface area contributed by atoms with E-state index in [2.05, 4.69) is 0 Å². The standard InChI is InChI=1S/C58H52N2O12P4/c61-73(65-51-25-9-1-10-26-51,66-52-27-11-2-12-28-52)45-59(46-74(62,67-53-29-13-3-14-30-53)68-54-31-15-4-16-32-54)49-41-43-50(44-42-49)60(47-75(63,69-55-33-17-5-18-34-55)70-56-35-19-6-20-36-56)48-76(64,71-57-37-21-7-22-38-57)72-58-39-23-8-24-40-58/h1-44H,45-48H2. The third kappa shape index (κ3) is 15.5. The summed E-state index contributed by atoms with van der Waals surface area (Å²) in [5.41, 5.74) is 0.693. The molecule has 0 saturated carbocycles. The van der Waals surface area contributed by atoms with Crippen molar-refractivity contribution in [2.45, 2.75) is 0 Å². The minimum absolute atomic E-state index is 0.261. The molecule has 76 heavy (non-hydrogen) atoms. The van der Waals surface area contributed by atoms with E-state index >= 15 is 18.3 Å². The van der Waals surface area contributed by atoms with Gasteiger partial charge in [-0.2, -0.15) is 0 Å². The summed E-state index contributed by atoms with van der Waals surface area (Å²) in [6, 6.07) is 75.3. The Morgan fingerprint density at radius 1 is 0.211 bits per heavy atom. The number of hydrogen-bond acceptors (Lipinski definition) is 14. The number of para-hydroxylation sites is 8. The number of hydrogen-bond donors (Lipinski definition) is 0. The average molecular weight is 1090 g/mol. The number of nitrogens with zero attached hydrogens (tertiary/aromatic N) is 2. The van der Waals surface area contributed by atoms with Crippen LogP contribution < -0.4 is 46.0 Å². The van der Waals surface area contributed by atoms with Crippen LogP contribution in [-0.4, -0.2) is 25.1 Å². The van der Waals surface area contributed by atoms with Gasteiger partial charge in [0.25, 0.3) is 0 Å². The highest BCUT2D eigenvalue weighted by Crippen LogP contribution is 2.57. The molecule has 9 rings (SSSR count). The molecule has 0 fully saturated rings. The minimum Gasteiger partial charge on any atom is -0.415 e. The Morgan fingerprint density at radius 2 is 0.342 bits per heavy atom. The van der Waals surface area contributed by atoms with Crippen molar-refractivity contribution < 1.29 is 54.5 Å². The zero-order valence-corrected chi connectivity index (χ0v) is 44.4. The van der Waals surface area contributed by atoms with Gasteiger partial charge in [0, 0.05) is 11.4 Å². The van der Waals surface area contributed by atoms with E-state index in [9.17, 15) is 0 Å². The Balaban J connectivity index is 1.15. The van der Waals surface area contributed by atoms with Crippen LogP contribution in [0.15, 0.2) is 267 Å². The Kier molecular flexibility index (Phi) is 17.3. The molecule has 386 valence electrons. The van der Waals surface area contributed by atoms with Gasteiger partial charge in [0.05, 0.1) is 0 Å². The highest BCUT2D eigenvalue weighted by atomic mass is 31.2. The summed E-state index contributed by atoms with van der Waals surface area (Å²) in [7, 11) is -17.3. The molecule has 0 atom stereocenters. The lowest BCUT2D eigenvalue weighted by Crippen LogP contribution is -2.31. The third-order valence-corrected chi connectivity index (χ3v) is 17.5. The largest absolute Gasteiger partial charge is 0.449 e. The lowest BCUT2D eigenvalue weighted by Gasteiger charge is -2.33. The van der Waals surface area contributed by atoms with Gasteiger partial charge in [0.15, 0.2) is 0 Å². The molecule has 9 aromatic rings. The van der Waals surface area contributed by atoms with Crippen LogP contribution >= 0.6 is 30.4 Å². The van der Waals surface area contributed by atoms with Crippen molar-refractivity contribution in [3.63, 3.8) is 0 Å². The van der Waals surface area contributed by atoms with Gasteiger partial charge in [-0.3, -0.25) is 0 Å². The first-order chi connectivity index (χ1) is 37.0. The monoisotopic (exact) mass is 1090 g/mol. The van der Waals surface area contributed by atoms with E-state index in [4.69, 9.17) is 36.2 Å². The molecule has 0 unspecified atom stereocenters. The van der Waals surface area contributed by atoms with Gasteiger partial charge in [-0.1, -0.05) is 146 Å². The minimum atomic E-state index is -4.31. The second kappa shape index (κ2) is 25.0. The molecule has 0 amide bonds. The van der Waals surface area contributed by atoms with E-state index in [0.717, 1.165) is 0 Å². The topological polar surface area (TPSA) is 149 Å². The molecule has 0 aliphatic heterocycles. The first kappa shape index (κ1) is 52.8. The van der Waals surface area contributed by atoms with Crippen LogP contribution in [-0.2, 0) is 18.3 Å². The van der Waals surface area contributed by atoms with Crippen LogP contribution in [0.1, 0.15) is 0 Å². The number of rotatable bonds is 26. The molecule has 0 saturated heterocycles. The molecule has 0 radical (unpaired) electrons. The van der Waals surface area contributed by atoms with Crippen LogP contribution in [0.3, 0.4) is 0 Å². The predicted octanol–water partition coefficient (Wildman–Crippen LogP) is 16.5. The summed E-state index contributed by atoms with van der Waals surface area (Å²) in [5, 5.41) is 0. The van der Waals surface area contributed by atoms with Gasteiger partial charge in [0.2, 0.25) is 0 Å². The van der Waals surface area contributed by atoms with Crippen molar-refractivity contribution in [2.75, 3.05) is 34.9 Å². The zero-order valence-electron chi connectivity index (χ0n) is 40.8. The molecule has 0 heterocycles. The zero-order chi connectivity index (χ0) is 52.5. The SMILES string of the molecule is O=P(CN(CP(=O)(Oc1ccccc1)Oc1ccccc1)c1ccc(N(CP(=O)(Oc2ccccc2)Oc2ccccc2)CP(=O)(Oc2ccccc2)Oc2ccccc2)cc1)(Oc1ccccc1)Oc1ccccc1. The average Bonchev–Trinajstić information content (AvgIpc) is 3.42. The van der Waals surface area contributed by atoms with Gasteiger partial charge < -0.3 is 46.0 Å². The Bertz CT molecular complexity index is 2780. The molecule has 0 aromatic heterocycles. The van der Waals surface area contributed by atoms with Gasteiger partial charge in [0.1, 0.15) is 71.1 Å². The summed E-state index contributed by atoms with van der Waals surface area (Å²) in [6.45, 7) is 0. The first-order valence-electron chi connectivity index (χ1n) is 23.9. The Morgan fingerprint density at radius 3 is 0.474 bits per heavy atom. The lowest BCUT2D eigenvalue weighted by molar-refractivity contribution is 0.376. The maximum absolute atomic E-state index is 15.4. The van der Waals surface area contributed by atoms with Crippen molar-refractivity contribution >= 4 is 41.8 Å². The van der Waals surface area contributed by atoms with E-state index < -0.39 is 55.5 Å². The second-order valence-corrected chi connectivity index (χ2v) is 24.3. The Hall–Kier alpha value is -8.10. The smallest absolute Gasteiger partial charge is 0.415 e. The van der Waals surface area contributed by atoms with Crippen LogP contribution in [0.4, 0.5) is 11.4 Å².